The predicted molar refractivity (Wildman–Crippen MR) is 120 cm³/mol. The average Bonchev–Trinajstić information content (AvgIpc) is 3.04. The van der Waals surface area contributed by atoms with Crippen LogP contribution < -0.4 is 21.7 Å². The molecule has 8 nitrogen and oxygen atoms in total. The first-order valence-corrected chi connectivity index (χ1v) is 10.4. The van der Waals surface area contributed by atoms with Crippen LogP contribution >= 0.6 is 0 Å². The Morgan fingerprint density at radius 2 is 2.00 bits per heavy atom. The van der Waals surface area contributed by atoms with Gasteiger partial charge >= 0.3 is 0 Å². The van der Waals surface area contributed by atoms with Crippen molar-refractivity contribution in [3.63, 3.8) is 0 Å². The molecule has 1 aliphatic rings. The number of hydrogen-bond donors (Lipinski definition) is 3. The molecular weight excluding hydrogens is 435 g/mol. The Balaban J connectivity index is 1.63. The van der Waals surface area contributed by atoms with E-state index in [-0.39, 0.29) is 34.9 Å². The van der Waals surface area contributed by atoms with Crippen molar-refractivity contribution in [3.05, 3.63) is 54.1 Å². The van der Waals surface area contributed by atoms with E-state index in [1.54, 1.807) is 25.2 Å². The maximum Gasteiger partial charge on any atom is 0.276 e. The molecule has 11 heteroatoms. The molecule has 3 aromatic rings. The predicted octanol–water partition coefficient (Wildman–Crippen LogP) is 3.02. The summed E-state index contributed by atoms with van der Waals surface area (Å²) in [6.45, 7) is -0.269. The largest absolute Gasteiger partial charge is 0.397 e. The zero-order chi connectivity index (χ0) is 23.8. The molecule has 1 amide bonds. The fourth-order valence-corrected chi connectivity index (χ4v) is 3.96. The lowest BCUT2D eigenvalue weighted by atomic mass is 10.1. The number of pyridine rings is 1. The number of halogens is 3. The minimum absolute atomic E-state index is 0.0882. The molecule has 1 fully saturated rings. The van der Waals surface area contributed by atoms with Crippen molar-refractivity contribution < 1.29 is 18.0 Å². The third kappa shape index (κ3) is 4.77. The summed E-state index contributed by atoms with van der Waals surface area (Å²) < 4.78 is 44.3. The van der Waals surface area contributed by atoms with Gasteiger partial charge in [0.2, 0.25) is 0 Å². The molecule has 33 heavy (non-hydrogen) atoms. The SMILES string of the molecule is Cn1ncc(NC(=O)c2nc(-c3ccccc3F)ccc2N)c1N1CC[C@H](N)CC(F)(F)C1. The highest BCUT2D eigenvalue weighted by Crippen LogP contribution is 2.33. The number of benzene rings is 1. The van der Waals surface area contributed by atoms with Crippen LogP contribution in [0, 0.1) is 5.82 Å². The number of nitrogens with two attached hydrogens (primary N) is 2. The fraction of sp³-hybridized carbons (Fsp3) is 0.318. The first kappa shape index (κ1) is 22.6. The first-order chi connectivity index (χ1) is 15.6. The smallest absolute Gasteiger partial charge is 0.276 e. The second kappa shape index (κ2) is 8.74. The molecule has 0 spiro atoms. The molecule has 1 aromatic carbocycles. The Kier molecular flexibility index (Phi) is 5.98. The van der Waals surface area contributed by atoms with Gasteiger partial charge in [-0.3, -0.25) is 9.48 Å². The van der Waals surface area contributed by atoms with Crippen LogP contribution in [-0.4, -0.2) is 45.7 Å². The van der Waals surface area contributed by atoms with Gasteiger partial charge in [-0.2, -0.15) is 5.10 Å². The number of nitrogens with one attached hydrogen (secondary N) is 1. The third-order valence-corrected chi connectivity index (χ3v) is 5.50. The Hall–Kier alpha value is -3.60. The molecule has 0 saturated carbocycles. The molecule has 5 N–H and O–H groups in total. The van der Waals surface area contributed by atoms with Crippen molar-refractivity contribution >= 4 is 23.1 Å². The molecule has 1 saturated heterocycles. The molecule has 0 aliphatic carbocycles. The van der Waals surface area contributed by atoms with Crippen LogP contribution in [0.3, 0.4) is 0 Å². The summed E-state index contributed by atoms with van der Waals surface area (Å²) in [5, 5.41) is 6.78. The Bertz CT molecular complexity index is 1180. The topological polar surface area (TPSA) is 115 Å². The summed E-state index contributed by atoms with van der Waals surface area (Å²) in [5.41, 5.74) is 12.4. The van der Waals surface area contributed by atoms with Crippen LogP contribution in [-0.2, 0) is 7.05 Å². The second-order valence-electron chi connectivity index (χ2n) is 8.10. The number of carbonyl (C=O) groups is 1. The third-order valence-electron chi connectivity index (χ3n) is 5.50. The fourth-order valence-electron chi connectivity index (χ4n) is 3.96. The van der Waals surface area contributed by atoms with Gasteiger partial charge in [-0.1, -0.05) is 12.1 Å². The Labute approximate surface area is 188 Å². The van der Waals surface area contributed by atoms with Gasteiger partial charge in [-0.15, -0.1) is 0 Å². The van der Waals surface area contributed by atoms with Gasteiger partial charge in [0, 0.05) is 31.6 Å². The molecule has 2 aromatic heterocycles. The highest BCUT2D eigenvalue weighted by molar-refractivity contribution is 6.07. The lowest BCUT2D eigenvalue weighted by Gasteiger charge is -2.27. The highest BCUT2D eigenvalue weighted by atomic mass is 19.3. The number of nitrogen functional groups attached to an aromatic ring is 1. The first-order valence-electron chi connectivity index (χ1n) is 10.4. The van der Waals surface area contributed by atoms with Gasteiger partial charge in [-0.25, -0.2) is 18.2 Å². The highest BCUT2D eigenvalue weighted by Gasteiger charge is 2.38. The van der Waals surface area contributed by atoms with E-state index in [0.29, 0.717) is 12.2 Å². The Morgan fingerprint density at radius 3 is 2.76 bits per heavy atom. The van der Waals surface area contributed by atoms with Crippen LogP contribution in [0.2, 0.25) is 0 Å². The molecule has 4 rings (SSSR count). The van der Waals surface area contributed by atoms with Crippen molar-refractivity contribution in [2.45, 2.75) is 24.8 Å². The van der Waals surface area contributed by atoms with E-state index in [2.05, 4.69) is 15.4 Å². The monoisotopic (exact) mass is 459 g/mol. The van der Waals surface area contributed by atoms with Gasteiger partial charge < -0.3 is 21.7 Å². The molecule has 0 bridgehead atoms. The number of nitrogens with zero attached hydrogens (tertiary/aromatic N) is 4. The van der Waals surface area contributed by atoms with Gasteiger partial charge in [0.25, 0.3) is 11.8 Å². The van der Waals surface area contributed by atoms with Crippen molar-refractivity contribution in [2.75, 3.05) is 29.0 Å². The van der Waals surface area contributed by atoms with E-state index >= 15 is 0 Å². The molecule has 0 radical (unpaired) electrons. The summed E-state index contributed by atoms with van der Waals surface area (Å²) in [7, 11) is 1.60. The number of carbonyl (C=O) groups excluding carboxylic acids is 1. The maximum absolute atomic E-state index is 14.3. The van der Waals surface area contributed by atoms with Crippen molar-refractivity contribution in [2.24, 2.45) is 12.8 Å². The number of aryl methyl sites for hydroxylation is 1. The number of rotatable bonds is 4. The molecular formula is C22H24F3N7O. The zero-order valence-corrected chi connectivity index (χ0v) is 17.9. The van der Waals surface area contributed by atoms with Gasteiger partial charge in [0.05, 0.1) is 24.1 Å². The quantitative estimate of drug-likeness (QED) is 0.553. The van der Waals surface area contributed by atoms with E-state index in [0.717, 1.165) is 0 Å². The van der Waals surface area contributed by atoms with Crippen LogP contribution in [0.25, 0.3) is 11.3 Å². The summed E-state index contributed by atoms with van der Waals surface area (Å²) in [6.07, 6.45) is 1.33. The number of aromatic nitrogens is 3. The van der Waals surface area contributed by atoms with Crippen LogP contribution in [0.15, 0.2) is 42.6 Å². The molecule has 0 unspecified atom stereocenters. The number of hydrogen-bond acceptors (Lipinski definition) is 6. The molecule has 1 atom stereocenters. The summed E-state index contributed by atoms with van der Waals surface area (Å²) in [4.78, 5) is 18.7. The van der Waals surface area contributed by atoms with Gasteiger partial charge in [0.1, 0.15) is 11.5 Å². The van der Waals surface area contributed by atoms with Crippen molar-refractivity contribution in [1.29, 1.82) is 0 Å². The van der Waals surface area contributed by atoms with Crippen LogP contribution in [0.4, 0.5) is 30.4 Å². The van der Waals surface area contributed by atoms with Gasteiger partial charge in [0.15, 0.2) is 11.5 Å². The second-order valence-corrected chi connectivity index (χ2v) is 8.10. The average molecular weight is 459 g/mol. The minimum Gasteiger partial charge on any atom is -0.397 e. The van der Waals surface area contributed by atoms with E-state index in [1.807, 2.05) is 0 Å². The molecule has 3 heterocycles. The number of alkyl halides is 2. The minimum atomic E-state index is -2.98. The van der Waals surface area contributed by atoms with E-state index in [4.69, 9.17) is 11.5 Å². The normalized spacial score (nSPS) is 18.1. The lowest BCUT2D eigenvalue weighted by Crippen LogP contribution is -2.37. The maximum atomic E-state index is 14.3. The van der Waals surface area contributed by atoms with E-state index in [1.165, 1.54) is 34.0 Å². The van der Waals surface area contributed by atoms with E-state index < -0.39 is 36.7 Å². The summed E-state index contributed by atoms with van der Waals surface area (Å²) in [5.74, 6) is -3.82. The summed E-state index contributed by atoms with van der Waals surface area (Å²) in [6, 6.07) is 8.39. The van der Waals surface area contributed by atoms with Crippen molar-refractivity contribution in [1.82, 2.24) is 14.8 Å². The zero-order valence-electron chi connectivity index (χ0n) is 17.9. The summed E-state index contributed by atoms with van der Waals surface area (Å²) >= 11 is 0. The standard InChI is InChI=1S/C22H24F3N7O/c1-31-21(32-9-8-13(26)10-22(24,25)12-32)18(11-28-31)30-20(33)19-16(27)6-7-17(29-19)14-4-2-3-5-15(14)23/h2-7,11,13H,8-10,12,26-27H2,1H3,(H,30,33)/t13-/m0/s1. The lowest BCUT2D eigenvalue weighted by molar-refractivity contribution is -0.000527. The van der Waals surface area contributed by atoms with E-state index in [9.17, 15) is 18.0 Å². The van der Waals surface area contributed by atoms with Crippen LogP contribution in [0.1, 0.15) is 23.3 Å². The Morgan fingerprint density at radius 1 is 1.24 bits per heavy atom. The molecule has 174 valence electrons. The van der Waals surface area contributed by atoms with Gasteiger partial charge in [-0.05, 0) is 30.7 Å². The number of anilines is 3. The van der Waals surface area contributed by atoms with Crippen molar-refractivity contribution in [3.8, 4) is 11.3 Å². The van der Waals surface area contributed by atoms with Crippen LogP contribution in [0.5, 0.6) is 0 Å². The number of amides is 1. The molecule has 1 aliphatic heterocycles.